The number of hydrogen-bond acceptors (Lipinski definition) is 5. The van der Waals surface area contributed by atoms with Gasteiger partial charge in [0.2, 0.25) is 0 Å². The first-order valence-corrected chi connectivity index (χ1v) is 8.45. The number of alkyl halides is 3. The van der Waals surface area contributed by atoms with E-state index in [0.717, 1.165) is 38.1 Å². The molecule has 0 radical (unpaired) electrons. The van der Waals surface area contributed by atoms with Crippen molar-refractivity contribution in [1.29, 1.82) is 5.26 Å². The lowest BCUT2D eigenvalue weighted by atomic mass is 10.0. The Kier molecular flexibility index (Phi) is 5.56. The molecular weight excluding hydrogens is 362 g/mol. The molecule has 0 unspecified atom stereocenters. The molecule has 0 bridgehead atoms. The molecule has 1 aromatic carbocycles. The number of anilines is 1. The molecule has 1 aliphatic heterocycles. The van der Waals surface area contributed by atoms with Crippen LogP contribution in [0.3, 0.4) is 0 Å². The van der Waals surface area contributed by atoms with Crippen LogP contribution in [0.25, 0.3) is 0 Å². The zero-order valence-corrected chi connectivity index (χ0v) is 14.3. The summed E-state index contributed by atoms with van der Waals surface area (Å²) in [7, 11) is 0. The molecule has 2 heterocycles. The van der Waals surface area contributed by atoms with Gasteiger partial charge in [0.1, 0.15) is 11.9 Å². The van der Waals surface area contributed by atoms with Crippen molar-refractivity contribution in [3.63, 3.8) is 0 Å². The van der Waals surface area contributed by atoms with Gasteiger partial charge in [0.25, 0.3) is 0 Å². The van der Waals surface area contributed by atoms with Crippen LogP contribution in [-0.2, 0) is 12.7 Å². The number of benzene rings is 1. The fourth-order valence-corrected chi connectivity index (χ4v) is 3.14. The Hall–Kier alpha value is -2.73. The summed E-state index contributed by atoms with van der Waals surface area (Å²) in [5, 5.41) is 20.0. The van der Waals surface area contributed by atoms with Crippen molar-refractivity contribution < 1.29 is 17.6 Å². The quantitative estimate of drug-likeness (QED) is 0.826. The Morgan fingerprint density at radius 3 is 2.44 bits per heavy atom. The highest BCUT2D eigenvalue weighted by atomic mass is 19.4. The summed E-state index contributed by atoms with van der Waals surface area (Å²) < 4.78 is 52.2. The number of piperidine rings is 1. The minimum atomic E-state index is -4.73. The molecule has 27 heavy (non-hydrogen) atoms. The van der Waals surface area contributed by atoms with Crippen molar-refractivity contribution in [2.75, 3.05) is 18.0 Å². The number of aromatic nitrogens is 2. The van der Waals surface area contributed by atoms with E-state index in [0.29, 0.717) is 11.4 Å². The monoisotopic (exact) mass is 379 g/mol. The highest BCUT2D eigenvalue weighted by Crippen LogP contribution is 2.32. The zero-order chi connectivity index (χ0) is 19.4. The summed E-state index contributed by atoms with van der Waals surface area (Å²) in [5.74, 6) is -0.794. The smallest absolute Gasteiger partial charge is 0.348 e. The van der Waals surface area contributed by atoms with Gasteiger partial charge < -0.3 is 10.2 Å². The number of halogens is 4. The minimum absolute atomic E-state index is 0.0823. The standard InChI is InChI=1S/C18H17F4N5/c19-16-9-12(1-3-15(16)18(20,21)22)11-27(14-5-7-24-8-6-14)17-4-2-13(10-23)25-26-17/h1-4,9,14,24H,5-8,11H2. The lowest BCUT2D eigenvalue weighted by Crippen LogP contribution is -2.43. The van der Waals surface area contributed by atoms with Crippen molar-refractivity contribution in [2.45, 2.75) is 31.6 Å². The van der Waals surface area contributed by atoms with Crippen LogP contribution in [0.1, 0.15) is 29.7 Å². The topological polar surface area (TPSA) is 64.8 Å². The van der Waals surface area contributed by atoms with Gasteiger partial charge in [-0.05, 0) is 55.8 Å². The van der Waals surface area contributed by atoms with Gasteiger partial charge in [-0.2, -0.15) is 18.4 Å². The SMILES string of the molecule is N#Cc1ccc(N(Cc2ccc(C(F)(F)F)c(F)c2)C2CCNCC2)nn1. The van der Waals surface area contributed by atoms with Crippen LogP contribution in [-0.4, -0.2) is 29.3 Å². The molecule has 1 saturated heterocycles. The predicted molar refractivity (Wildman–Crippen MR) is 90.2 cm³/mol. The van der Waals surface area contributed by atoms with E-state index in [9.17, 15) is 17.6 Å². The third-order valence-corrected chi connectivity index (χ3v) is 4.50. The van der Waals surface area contributed by atoms with E-state index in [2.05, 4.69) is 15.5 Å². The summed E-state index contributed by atoms with van der Waals surface area (Å²) in [6.45, 7) is 1.79. The van der Waals surface area contributed by atoms with E-state index in [-0.39, 0.29) is 18.3 Å². The summed E-state index contributed by atoms with van der Waals surface area (Å²) in [6.07, 6.45) is -3.11. The van der Waals surface area contributed by atoms with Gasteiger partial charge in [-0.3, -0.25) is 0 Å². The molecular formula is C18H17F4N5. The summed E-state index contributed by atoms with van der Waals surface area (Å²) in [5.41, 5.74) is -0.701. The third kappa shape index (κ3) is 4.52. The van der Waals surface area contributed by atoms with Crippen LogP contribution in [0.4, 0.5) is 23.4 Å². The molecule has 0 aliphatic carbocycles. The molecule has 2 aromatic rings. The van der Waals surface area contributed by atoms with Crippen molar-refractivity contribution in [3.8, 4) is 6.07 Å². The maximum atomic E-state index is 13.9. The number of rotatable bonds is 4. The number of nitrogens with zero attached hydrogens (tertiary/aromatic N) is 4. The van der Waals surface area contributed by atoms with Gasteiger partial charge >= 0.3 is 6.18 Å². The van der Waals surface area contributed by atoms with Crippen molar-refractivity contribution in [1.82, 2.24) is 15.5 Å². The molecule has 0 saturated carbocycles. The first-order valence-electron chi connectivity index (χ1n) is 8.45. The van der Waals surface area contributed by atoms with E-state index in [1.165, 1.54) is 12.1 Å². The molecule has 142 valence electrons. The van der Waals surface area contributed by atoms with Gasteiger partial charge in [0.05, 0.1) is 5.56 Å². The Bertz CT molecular complexity index is 823. The molecule has 1 aromatic heterocycles. The number of nitriles is 1. The van der Waals surface area contributed by atoms with Crippen molar-refractivity contribution in [3.05, 3.63) is 53.0 Å². The van der Waals surface area contributed by atoms with Gasteiger partial charge in [-0.1, -0.05) is 6.07 Å². The molecule has 1 aliphatic rings. The molecule has 9 heteroatoms. The Morgan fingerprint density at radius 1 is 1.15 bits per heavy atom. The van der Waals surface area contributed by atoms with Gasteiger partial charge in [-0.15, -0.1) is 10.2 Å². The van der Waals surface area contributed by atoms with E-state index < -0.39 is 17.6 Å². The van der Waals surface area contributed by atoms with Gasteiger partial charge in [-0.25, -0.2) is 4.39 Å². The Morgan fingerprint density at radius 2 is 1.89 bits per heavy atom. The molecule has 0 amide bonds. The Labute approximate surface area is 153 Å². The minimum Gasteiger partial charge on any atom is -0.348 e. The Balaban J connectivity index is 1.89. The second kappa shape index (κ2) is 7.88. The van der Waals surface area contributed by atoms with E-state index in [1.807, 2.05) is 11.0 Å². The van der Waals surface area contributed by atoms with E-state index in [1.54, 1.807) is 6.07 Å². The van der Waals surface area contributed by atoms with Crippen molar-refractivity contribution in [2.24, 2.45) is 0 Å². The van der Waals surface area contributed by atoms with Gasteiger partial charge in [0.15, 0.2) is 11.5 Å². The molecule has 0 atom stereocenters. The molecule has 5 nitrogen and oxygen atoms in total. The normalized spacial score (nSPS) is 15.4. The lowest BCUT2D eigenvalue weighted by Gasteiger charge is -2.35. The molecule has 1 N–H and O–H groups in total. The fourth-order valence-electron chi connectivity index (χ4n) is 3.14. The average Bonchev–Trinajstić information content (AvgIpc) is 2.66. The molecule has 0 spiro atoms. The highest BCUT2D eigenvalue weighted by Gasteiger charge is 2.34. The molecule has 3 rings (SSSR count). The van der Waals surface area contributed by atoms with Crippen LogP contribution < -0.4 is 10.2 Å². The second-order valence-electron chi connectivity index (χ2n) is 6.31. The predicted octanol–water partition coefficient (Wildman–Crippen LogP) is 3.26. The van der Waals surface area contributed by atoms with E-state index in [4.69, 9.17) is 5.26 Å². The first-order chi connectivity index (χ1) is 12.9. The maximum Gasteiger partial charge on any atom is 0.419 e. The van der Waals surface area contributed by atoms with Crippen LogP contribution >= 0.6 is 0 Å². The summed E-state index contributed by atoms with van der Waals surface area (Å²) >= 11 is 0. The van der Waals surface area contributed by atoms with Crippen LogP contribution in [0.2, 0.25) is 0 Å². The largest absolute Gasteiger partial charge is 0.419 e. The highest BCUT2D eigenvalue weighted by molar-refractivity contribution is 5.42. The molecule has 1 fully saturated rings. The number of hydrogen-bond donors (Lipinski definition) is 1. The van der Waals surface area contributed by atoms with Crippen molar-refractivity contribution >= 4 is 5.82 Å². The van der Waals surface area contributed by atoms with Crippen LogP contribution in [0.15, 0.2) is 30.3 Å². The summed E-state index contributed by atoms with van der Waals surface area (Å²) in [4.78, 5) is 1.90. The fraction of sp³-hybridized carbons (Fsp3) is 0.389. The zero-order valence-electron chi connectivity index (χ0n) is 14.3. The third-order valence-electron chi connectivity index (χ3n) is 4.50. The first kappa shape index (κ1) is 19.0. The van der Waals surface area contributed by atoms with E-state index >= 15 is 0 Å². The van der Waals surface area contributed by atoms with Crippen LogP contribution in [0.5, 0.6) is 0 Å². The van der Waals surface area contributed by atoms with Crippen LogP contribution in [0, 0.1) is 17.1 Å². The second-order valence-corrected chi connectivity index (χ2v) is 6.31. The van der Waals surface area contributed by atoms with Gasteiger partial charge in [0, 0.05) is 12.6 Å². The lowest BCUT2D eigenvalue weighted by molar-refractivity contribution is -0.140. The number of nitrogens with one attached hydrogen (secondary N) is 1. The summed E-state index contributed by atoms with van der Waals surface area (Å²) in [6, 6.07) is 8.10. The average molecular weight is 379 g/mol. The maximum absolute atomic E-state index is 13.9.